The molecule has 0 aromatic heterocycles. The fourth-order valence-electron chi connectivity index (χ4n) is 0.705. The summed E-state index contributed by atoms with van der Waals surface area (Å²) in [5.41, 5.74) is 0. The molecule has 0 aromatic carbocycles. The van der Waals surface area contributed by atoms with Crippen LogP contribution in [0.2, 0.25) is 0 Å². The molecule has 0 saturated carbocycles. The third-order valence-electron chi connectivity index (χ3n) is 1.36. The molecule has 0 aliphatic rings. The second-order valence-corrected chi connectivity index (χ2v) is 4.29. The molecular weight excluding hydrogens is 289 g/mol. The van der Waals surface area contributed by atoms with E-state index in [9.17, 15) is 9.36 Å². The lowest BCUT2D eigenvalue weighted by atomic mass is 10.3. The van der Waals surface area contributed by atoms with Crippen LogP contribution in [-0.2, 0) is 13.9 Å². The summed E-state index contributed by atoms with van der Waals surface area (Å²) < 4.78 is 14.6. The summed E-state index contributed by atoms with van der Waals surface area (Å²) in [6.45, 7) is 2.39. The molecule has 0 aliphatic carbocycles. The first-order valence-corrected chi connectivity index (χ1v) is 6.69. The lowest BCUT2D eigenvalue weighted by Gasteiger charge is -2.09. The van der Waals surface area contributed by atoms with Gasteiger partial charge in [-0.1, -0.05) is 29.3 Å². The summed E-state index contributed by atoms with van der Waals surface area (Å²) in [6, 6.07) is 0. The summed E-state index contributed by atoms with van der Waals surface area (Å²) in [5, 5.41) is 2.45. The van der Waals surface area contributed by atoms with Crippen molar-refractivity contribution in [2.24, 2.45) is 0 Å². The van der Waals surface area contributed by atoms with Crippen LogP contribution in [0.1, 0.15) is 19.8 Å². The molecule has 0 aromatic rings. The Morgan fingerprint density at radius 1 is 1.60 bits per heavy atom. The minimum atomic E-state index is -4.69. The van der Waals surface area contributed by atoms with Crippen LogP contribution in [0.3, 0.4) is 0 Å². The molecule has 88 valence electrons. The highest BCUT2D eigenvalue weighted by atomic mass is 79.9. The number of phosphoric acid groups is 1. The third kappa shape index (κ3) is 7.56. The van der Waals surface area contributed by atoms with Gasteiger partial charge in [-0.25, -0.2) is 4.57 Å². The fourth-order valence-corrected chi connectivity index (χ4v) is 1.54. The van der Waals surface area contributed by atoms with Gasteiger partial charge in [0.1, 0.15) is 0 Å². The van der Waals surface area contributed by atoms with Crippen LogP contribution in [-0.4, -0.2) is 22.2 Å². The number of unbranched alkanes of at least 4 members (excludes halogenated alkanes) is 1. The highest BCUT2D eigenvalue weighted by molar-refractivity contribution is 9.11. The van der Waals surface area contributed by atoms with Crippen molar-refractivity contribution < 1.29 is 23.7 Å². The van der Waals surface area contributed by atoms with Crippen molar-refractivity contribution in [3.05, 3.63) is 10.7 Å². The largest absolute Gasteiger partial charge is 0.525 e. The first kappa shape index (κ1) is 14.6. The van der Waals surface area contributed by atoms with Crippen LogP contribution in [0, 0.1) is 0 Å². The van der Waals surface area contributed by atoms with Crippen LogP contribution < -0.4 is 5.32 Å². The maximum absolute atomic E-state index is 11.2. The Kier molecular flexibility index (Phi) is 6.84. The molecule has 8 heteroatoms. The third-order valence-corrected chi connectivity index (χ3v) is 2.21. The van der Waals surface area contributed by atoms with Crippen molar-refractivity contribution >= 4 is 29.7 Å². The van der Waals surface area contributed by atoms with Gasteiger partial charge in [-0.2, -0.15) is 0 Å². The van der Waals surface area contributed by atoms with E-state index in [2.05, 4.69) is 25.8 Å². The Morgan fingerprint density at radius 3 is 2.60 bits per heavy atom. The van der Waals surface area contributed by atoms with Gasteiger partial charge in [0.25, 0.3) is 5.91 Å². The van der Waals surface area contributed by atoms with E-state index in [1.54, 1.807) is 0 Å². The maximum atomic E-state index is 11.2. The molecule has 15 heavy (non-hydrogen) atoms. The van der Waals surface area contributed by atoms with Gasteiger partial charge in [0, 0.05) is 11.5 Å². The van der Waals surface area contributed by atoms with E-state index in [-0.39, 0.29) is 0 Å². The second kappa shape index (κ2) is 7.00. The number of carbonyl (C=O) groups is 1. The Bertz CT molecular complexity index is 287. The van der Waals surface area contributed by atoms with Crippen molar-refractivity contribution in [1.82, 2.24) is 5.32 Å². The van der Waals surface area contributed by atoms with E-state index in [1.165, 1.54) is 0 Å². The molecule has 0 fully saturated rings. The number of phosphoric ester groups is 1. The Labute approximate surface area is 96.1 Å². The molecule has 0 atom stereocenters. The topological polar surface area (TPSA) is 95.9 Å². The maximum Gasteiger partial charge on any atom is 0.525 e. The smallest absolute Gasteiger partial charge is 0.398 e. The number of rotatable bonds is 6. The molecule has 0 bridgehead atoms. The van der Waals surface area contributed by atoms with Crippen molar-refractivity contribution in [3.8, 4) is 0 Å². The van der Waals surface area contributed by atoms with Crippen LogP contribution in [0.4, 0.5) is 0 Å². The highest BCUT2D eigenvalue weighted by Gasteiger charge is 2.21. The standard InChI is InChI=1S/C7H13BrNO5P/c1-2-3-4-9-7(10)6(5-8)14-15(11,12)13/h5H,2-4H2,1H3,(H,9,10)(H2,11,12,13). The molecule has 0 spiro atoms. The summed E-state index contributed by atoms with van der Waals surface area (Å²) in [7, 11) is -4.69. The van der Waals surface area contributed by atoms with Gasteiger partial charge in [-0.05, 0) is 6.42 Å². The average Bonchev–Trinajstić information content (AvgIpc) is 2.13. The van der Waals surface area contributed by atoms with E-state index in [4.69, 9.17) is 9.79 Å². The van der Waals surface area contributed by atoms with Crippen molar-refractivity contribution in [3.63, 3.8) is 0 Å². The lowest BCUT2D eigenvalue weighted by molar-refractivity contribution is -0.119. The number of amides is 1. The van der Waals surface area contributed by atoms with E-state index in [0.717, 1.165) is 17.8 Å². The Balaban J connectivity index is 4.19. The van der Waals surface area contributed by atoms with E-state index in [0.29, 0.717) is 6.54 Å². The highest BCUT2D eigenvalue weighted by Crippen LogP contribution is 2.39. The minimum absolute atomic E-state index is 0.435. The van der Waals surface area contributed by atoms with E-state index >= 15 is 0 Å². The Hall–Kier alpha value is -0.360. The van der Waals surface area contributed by atoms with Crippen LogP contribution in [0.15, 0.2) is 10.7 Å². The summed E-state index contributed by atoms with van der Waals surface area (Å²) in [4.78, 5) is 29.2. The van der Waals surface area contributed by atoms with Crippen molar-refractivity contribution in [2.75, 3.05) is 6.54 Å². The normalized spacial score (nSPS) is 12.4. The lowest BCUT2D eigenvalue weighted by Crippen LogP contribution is -2.26. The number of nitrogens with one attached hydrogen (secondary N) is 1. The monoisotopic (exact) mass is 301 g/mol. The molecule has 0 unspecified atom stereocenters. The summed E-state index contributed by atoms with van der Waals surface area (Å²) in [6.07, 6.45) is 1.70. The van der Waals surface area contributed by atoms with Crippen LogP contribution >= 0.6 is 23.8 Å². The minimum Gasteiger partial charge on any atom is -0.398 e. The molecule has 6 nitrogen and oxygen atoms in total. The average molecular weight is 302 g/mol. The van der Waals surface area contributed by atoms with Gasteiger partial charge >= 0.3 is 7.82 Å². The molecular formula is C7H13BrNO5P. The molecule has 0 aliphatic heterocycles. The SMILES string of the molecule is CCCCNC(=O)C(=CBr)OP(=O)(O)O. The molecule has 0 saturated heterocycles. The van der Waals surface area contributed by atoms with Crippen LogP contribution in [0.5, 0.6) is 0 Å². The van der Waals surface area contributed by atoms with Crippen molar-refractivity contribution in [2.45, 2.75) is 19.8 Å². The van der Waals surface area contributed by atoms with Crippen LogP contribution in [0.25, 0.3) is 0 Å². The zero-order valence-electron chi connectivity index (χ0n) is 8.14. The fraction of sp³-hybridized carbons (Fsp3) is 0.571. The van der Waals surface area contributed by atoms with Gasteiger partial charge in [0.2, 0.25) is 5.76 Å². The first-order chi connectivity index (χ1) is 6.90. The summed E-state index contributed by atoms with van der Waals surface area (Å²) >= 11 is 2.79. The number of hydrogen-bond donors (Lipinski definition) is 3. The number of hydrogen-bond acceptors (Lipinski definition) is 3. The second-order valence-electron chi connectivity index (χ2n) is 2.66. The molecule has 0 heterocycles. The molecule has 0 radical (unpaired) electrons. The van der Waals surface area contributed by atoms with Gasteiger partial charge in [0.05, 0.1) is 0 Å². The van der Waals surface area contributed by atoms with Gasteiger partial charge < -0.3 is 9.84 Å². The summed E-state index contributed by atoms with van der Waals surface area (Å²) in [5.74, 6) is -1.11. The van der Waals surface area contributed by atoms with Gasteiger partial charge in [-0.15, -0.1) is 0 Å². The van der Waals surface area contributed by atoms with E-state index < -0.39 is 19.5 Å². The van der Waals surface area contributed by atoms with Gasteiger partial charge in [-0.3, -0.25) is 14.6 Å². The quantitative estimate of drug-likeness (QED) is 0.297. The zero-order chi connectivity index (χ0) is 11.9. The first-order valence-electron chi connectivity index (χ1n) is 4.24. The molecule has 0 rings (SSSR count). The predicted molar refractivity (Wildman–Crippen MR) is 58.1 cm³/mol. The molecule has 1 amide bonds. The Morgan fingerprint density at radius 2 is 2.20 bits per heavy atom. The van der Waals surface area contributed by atoms with Gasteiger partial charge in [0.15, 0.2) is 0 Å². The number of halogens is 1. The number of carbonyl (C=O) groups excluding carboxylic acids is 1. The zero-order valence-corrected chi connectivity index (χ0v) is 10.6. The molecule has 3 N–H and O–H groups in total. The predicted octanol–water partition coefficient (Wildman–Crippen LogP) is 1.25. The van der Waals surface area contributed by atoms with E-state index in [1.807, 2.05) is 6.92 Å². The van der Waals surface area contributed by atoms with Crippen molar-refractivity contribution in [1.29, 1.82) is 0 Å².